The van der Waals surface area contributed by atoms with E-state index < -0.39 is 28.3 Å². The summed E-state index contributed by atoms with van der Waals surface area (Å²) in [6.07, 6.45) is 1.01. The molecule has 1 aromatic rings. The predicted octanol–water partition coefficient (Wildman–Crippen LogP) is -1.15. The van der Waals surface area contributed by atoms with Crippen LogP contribution in [0.2, 0.25) is 0 Å². The number of amides is 1. The van der Waals surface area contributed by atoms with E-state index in [2.05, 4.69) is 32.6 Å². The van der Waals surface area contributed by atoms with E-state index in [1.54, 1.807) is 7.05 Å². The lowest BCUT2D eigenvalue weighted by atomic mass is 9.99. The second-order valence-electron chi connectivity index (χ2n) is 7.31. The van der Waals surface area contributed by atoms with Gasteiger partial charge >= 0.3 is 10.3 Å². The molecule has 1 amide bonds. The molecular formula is C17H28N6O5S. The van der Waals surface area contributed by atoms with Gasteiger partial charge in [-0.2, -0.15) is 8.42 Å². The van der Waals surface area contributed by atoms with E-state index in [-0.39, 0.29) is 6.54 Å². The van der Waals surface area contributed by atoms with Crippen molar-refractivity contribution in [2.75, 3.05) is 46.8 Å². The summed E-state index contributed by atoms with van der Waals surface area (Å²) in [4.78, 5) is 14.2. The molecule has 2 aliphatic heterocycles. The van der Waals surface area contributed by atoms with Crippen molar-refractivity contribution in [3.05, 3.63) is 24.1 Å². The molecule has 3 rings (SSSR count). The molecule has 2 saturated heterocycles. The Balaban J connectivity index is 1.56. The molecule has 3 unspecified atom stereocenters. The van der Waals surface area contributed by atoms with E-state index in [4.69, 9.17) is 4.52 Å². The van der Waals surface area contributed by atoms with E-state index in [0.717, 1.165) is 38.3 Å². The number of likely N-dealkylation sites (N-methyl/N-ethyl adjacent to an activating group) is 2. The summed E-state index contributed by atoms with van der Waals surface area (Å²) in [7, 11) is -1.12. The average molecular weight is 429 g/mol. The molecule has 0 aromatic carbocycles. The number of likely N-dealkylation sites (tertiary alicyclic amines) is 1. The molecule has 1 aromatic heterocycles. The van der Waals surface area contributed by atoms with Gasteiger partial charge in [0.15, 0.2) is 5.76 Å². The van der Waals surface area contributed by atoms with Gasteiger partial charge in [0.05, 0.1) is 17.4 Å². The first-order valence-corrected chi connectivity index (χ1v) is 10.9. The fourth-order valence-electron chi connectivity index (χ4n) is 3.81. The first-order chi connectivity index (χ1) is 13.8. The SMILES string of the molecule is C=C(NCC1C(NC)C(=O)N1S(=O)(=O)O)c1cc(C2CCN(CCNC)C2)no1. The molecule has 2 fully saturated rings. The summed E-state index contributed by atoms with van der Waals surface area (Å²) in [6.45, 7) is 7.85. The number of hydrogen-bond acceptors (Lipinski definition) is 9. The summed E-state index contributed by atoms with van der Waals surface area (Å²) >= 11 is 0. The first-order valence-electron chi connectivity index (χ1n) is 9.51. The summed E-state index contributed by atoms with van der Waals surface area (Å²) in [5.74, 6) is 0.0577. The molecule has 11 nitrogen and oxygen atoms in total. The van der Waals surface area contributed by atoms with E-state index in [0.29, 0.717) is 21.7 Å². The maximum Gasteiger partial charge on any atom is 0.362 e. The third kappa shape index (κ3) is 4.61. The quantitative estimate of drug-likeness (QED) is 0.267. The van der Waals surface area contributed by atoms with Gasteiger partial charge in [-0.05, 0) is 27.1 Å². The van der Waals surface area contributed by atoms with Gasteiger partial charge in [0.1, 0.15) is 6.04 Å². The Morgan fingerprint density at radius 1 is 1.45 bits per heavy atom. The Hall–Kier alpha value is -1.99. The molecule has 4 N–H and O–H groups in total. The van der Waals surface area contributed by atoms with Gasteiger partial charge < -0.3 is 25.4 Å². The van der Waals surface area contributed by atoms with Crippen LogP contribution in [0.1, 0.15) is 23.8 Å². The molecule has 162 valence electrons. The Morgan fingerprint density at radius 2 is 2.21 bits per heavy atom. The van der Waals surface area contributed by atoms with Crippen molar-refractivity contribution in [1.82, 2.24) is 30.3 Å². The van der Waals surface area contributed by atoms with E-state index in [1.165, 1.54) is 0 Å². The van der Waals surface area contributed by atoms with Crippen LogP contribution in [0.25, 0.3) is 5.70 Å². The monoisotopic (exact) mass is 428 g/mol. The van der Waals surface area contributed by atoms with Crippen LogP contribution in [0, 0.1) is 0 Å². The number of carbonyl (C=O) groups excluding carboxylic acids is 1. The maximum absolute atomic E-state index is 11.8. The van der Waals surface area contributed by atoms with E-state index in [1.807, 2.05) is 13.1 Å². The van der Waals surface area contributed by atoms with Gasteiger partial charge in [0.25, 0.3) is 5.91 Å². The molecule has 12 heteroatoms. The molecular weight excluding hydrogens is 400 g/mol. The minimum Gasteiger partial charge on any atom is -0.380 e. The van der Waals surface area contributed by atoms with Gasteiger partial charge in [-0.3, -0.25) is 9.35 Å². The number of hydrogen-bond donors (Lipinski definition) is 4. The van der Waals surface area contributed by atoms with Gasteiger partial charge in [0.2, 0.25) is 0 Å². The number of rotatable bonds is 10. The second kappa shape index (κ2) is 8.79. The Morgan fingerprint density at radius 3 is 2.86 bits per heavy atom. The highest BCUT2D eigenvalue weighted by molar-refractivity contribution is 7.84. The van der Waals surface area contributed by atoms with Gasteiger partial charge in [0, 0.05) is 38.2 Å². The van der Waals surface area contributed by atoms with Crippen LogP contribution < -0.4 is 16.0 Å². The molecule has 29 heavy (non-hydrogen) atoms. The molecule has 0 radical (unpaired) electrons. The fraction of sp³-hybridized carbons (Fsp3) is 0.647. The fourth-order valence-corrected chi connectivity index (χ4v) is 4.68. The van der Waals surface area contributed by atoms with Crippen LogP contribution in [0.4, 0.5) is 0 Å². The maximum atomic E-state index is 11.8. The van der Waals surface area contributed by atoms with Crippen LogP contribution in [0.3, 0.4) is 0 Å². The normalized spacial score (nSPS) is 25.3. The number of carbonyl (C=O) groups is 1. The van der Waals surface area contributed by atoms with Crippen molar-refractivity contribution in [1.29, 1.82) is 0 Å². The van der Waals surface area contributed by atoms with Crippen LogP contribution in [-0.4, -0.2) is 92.1 Å². The highest BCUT2D eigenvalue weighted by Crippen LogP contribution is 2.28. The van der Waals surface area contributed by atoms with Gasteiger partial charge in [-0.25, -0.2) is 4.31 Å². The average Bonchev–Trinajstić information content (AvgIpc) is 3.31. The van der Waals surface area contributed by atoms with Crippen molar-refractivity contribution in [3.63, 3.8) is 0 Å². The van der Waals surface area contributed by atoms with Crippen LogP contribution >= 0.6 is 0 Å². The van der Waals surface area contributed by atoms with Gasteiger partial charge in [-0.15, -0.1) is 0 Å². The third-order valence-corrected chi connectivity index (χ3v) is 6.40. The smallest absolute Gasteiger partial charge is 0.362 e. The molecule has 3 heterocycles. The number of nitrogens with zero attached hydrogens (tertiary/aromatic N) is 3. The first kappa shape index (κ1) is 21.7. The number of nitrogens with one attached hydrogen (secondary N) is 3. The summed E-state index contributed by atoms with van der Waals surface area (Å²) in [5, 5.41) is 13.0. The number of β-lactam (4-membered cyclic amide) rings is 1. The minimum absolute atomic E-state index is 0.0765. The highest BCUT2D eigenvalue weighted by atomic mass is 32.2. The highest BCUT2D eigenvalue weighted by Gasteiger charge is 2.52. The summed E-state index contributed by atoms with van der Waals surface area (Å²) in [6, 6.07) is 0.366. The van der Waals surface area contributed by atoms with Crippen molar-refractivity contribution < 1.29 is 22.3 Å². The van der Waals surface area contributed by atoms with Crippen LogP contribution in [-0.2, 0) is 15.1 Å². The second-order valence-corrected chi connectivity index (χ2v) is 8.60. The minimum atomic E-state index is -4.61. The summed E-state index contributed by atoms with van der Waals surface area (Å²) < 4.78 is 37.9. The predicted molar refractivity (Wildman–Crippen MR) is 106 cm³/mol. The topological polar surface area (TPSA) is 140 Å². The van der Waals surface area contributed by atoms with Crippen molar-refractivity contribution >= 4 is 21.9 Å². The zero-order valence-corrected chi connectivity index (χ0v) is 17.4. The van der Waals surface area contributed by atoms with E-state index >= 15 is 0 Å². The van der Waals surface area contributed by atoms with Gasteiger partial charge in [-0.1, -0.05) is 11.7 Å². The Bertz CT molecular complexity index is 856. The lowest BCUT2D eigenvalue weighted by Crippen LogP contribution is -2.72. The van der Waals surface area contributed by atoms with Crippen molar-refractivity contribution in [3.8, 4) is 0 Å². The Labute approximate surface area is 170 Å². The zero-order valence-electron chi connectivity index (χ0n) is 16.6. The Kier molecular flexibility index (Phi) is 6.58. The molecule has 0 spiro atoms. The van der Waals surface area contributed by atoms with E-state index in [9.17, 15) is 17.8 Å². The largest absolute Gasteiger partial charge is 0.380 e. The van der Waals surface area contributed by atoms with Crippen molar-refractivity contribution in [2.45, 2.75) is 24.4 Å². The van der Waals surface area contributed by atoms with Crippen molar-refractivity contribution in [2.24, 2.45) is 0 Å². The molecule has 3 atom stereocenters. The van der Waals surface area contributed by atoms with Crippen LogP contribution in [0.5, 0.6) is 0 Å². The molecule has 0 aliphatic carbocycles. The number of aromatic nitrogens is 1. The molecule has 0 saturated carbocycles. The lowest BCUT2D eigenvalue weighted by Gasteiger charge is -2.44. The molecule has 2 aliphatic rings. The zero-order chi connectivity index (χ0) is 21.2. The van der Waals surface area contributed by atoms with Crippen LogP contribution in [0.15, 0.2) is 17.2 Å². The lowest BCUT2D eigenvalue weighted by molar-refractivity contribution is -0.142. The summed E-state index contributed by atoms with van der Waals surface area (Å²) in [5.41, 5.74) is 1.29. The standard InChI is InChI=1S/C17H28N6O5S/c1-11(20-9-14-16(19-3)17(24)23(14)29(25,26)27)15-8-13(21-28-15)12-4-6-22(10-12)7-5-18-2/h8,12,14,16,18-20H,1,4-7,9-10H2,2-3H3,(H,25,26,27). The molecule has 0 bridgehead atoms. The third-order valence-electron chi connectivity index (χ3n) is 5.45.